The van der Waals surface area contributed by atoms with Crippen LogP contribution in [-0.4, -0.2) is 18.9 Å². The van der Waals surface area contributed by atoms with Crippen molar-refractivity contribution in [2.45, 2.75) is 25.7 Å². The highest BCUT2D eigenvalue weighted by molar-refractivity contribution is 6.34. The van der Waals surface area contributed by atoms with Crippen LogP contribution in [0.5, 0.6) is 0 Å². The van der Waals surface area contributed by atoms with Gasteiger partial charge in [-0.05, 0) is 49.3 Å². The Balaban J connectivity index is 1.73. The molecule has 3 atom stereocenters. The Kier molecular flexibility index (Phi) is 3.89. The Bertz CT molecular complexity index is 588. The van der Waals surface area contributed by atoms with Gasteiger partial charge in [-0.2, -0.15) is 0 Å². The van der Waals surface area contributed by atoms with Crippen LogP contribution >= 0.6 is 11.6 Å². The van der Waals surface area contributed by atoms with Gasteiger partial charge in [0.1, 0.15) is 0 Å². The summed E-state index contributed by atoms with van der Waals surface area (Å²) in [6, 6.07) is 5.01. The van der Waals surface area contributed by atoms with Crippen molar-refractivity contribution in [3.8, 4) is 0 Å². The van der Waals surface area contributed by atoms with E-state index in [0.29, 0.717) is 22.2 Å². The molecule has 2 amide bonds. The zero-order valence-corrected chi connectivity index (χ0v) is 12.7. The number of benzene rings is 1. The molecule has 0 unspecified atom stereocenters. The molecule has 0 spiro atoms. The number of amides is 2. The molecule has 1 aromatic carbocycles. The molecule has 2 aliphatic carbocycles. The monoisotopic (exact) mass is 306 g/mol. The topological polar surface area (TPSA) is 58.2 Å². The molecule has 0 aromatic heterocycles. The number of nitrogens with one attached hydrogen (secondary N) is 2. The molecule has 0 radical (unpaired) electrons. The maximum Gasteiger partial charge on any atom is 0.252 e. The minimum Gasteiger partial charge on any atom is -0.355 e. The molecule has 2 N–H and O–H groups in total. The van der Waals surface area contributed by atoms with Gasteiger partial charge in [0.15, 0.2) is 0 Å². The molecule has 3 rings (SSSR count). The van der Waals surface area contributed by atoms with E-state index in [0.717, 1.165) is 12.3 Å². The second-order valence-corrected chi connectivity index (χ2v) is 6.45. The summed E-state index contributed by atoms with van der Waals surface area (Å²) in [4.78, 5) is 24.1. The average molecular weight is 307 g/mol. The maximum atomic E-state index is 12.4. The second-order valence-electron chi connectivity index (χ2n) is 6.04. The molecular weight excluding hydrogens is 288 g/mol. The van der Waals surface area contributed by atoms with Gasteiger partial charge in [-0.3, -0.25) is 9.59 Å². The van der Waals surface area contributed by atoms with Crippen molar-refractivity contribution in [3.05, 3.63) is 28.8 Å². The fraction of sp³-hybridized carbons (Fsp3) is 0.500. The largest absolute Gasteiger partial charge is 0.355 e. The van der Waals surface area contributed by atoms with Crippen LogP contribution in [0.2, 0.25) is 5.02 Å². The Hall–Kier alpha value is -1.55. The van der Waals surface area contributed by atoms with Gasteiger partial charge in [0.25, 0.3) is 5.91 Å². The molecule has 2 fully saturated rings. The van der Waals surface area contributed by atoms with E-state index in [2.05, 4.69) is 10.6 Å². The van der Waals surface area contributed by atoms with E-state index in [1.165, 1.54) is 19.3 Å². The van der Waals surface area contributed by atoms with E-state index < -0.39 is 0 Å². The summed E-state index contributed by atoms with van der Waals surface area (Å²) in [7, 11) is 1.55. The molecule has 0 saturated heterocycles. The van der Waals surface area contributed by atoms with E-state index >= 15 is 0 Å². The molecule has 0 aliphatic heterocycles. The standard InChI is InChI=1S/C16H19ClN2O2/c1-18-15(20)13-8-11(4-5-14(13)17)19-16(21)12-7-9-2-3-10(12)6-9/h4-5,8-10,12H,2-3,6-7H2,1H3,(H,18,20)(H,19,21)/t9-,10-,12-/m0/s1. The molecule has 5 heteroatoms. The van der Waals surface area contributed by atoms with Crippen LogP contribution in [0.3, 0.4) is 0 Å². The quantitative estimate of drug-likeness (QED) is 0.901. The Labute approximate surface area is 129 Å². The summed E-state index contributed by atoms with van der Waals surface area (Å²) in [6.07, 6.45) is 4.65. The summed E-state index contributed by atoms with van der Waals surface area (Å²) >= 11 is 6.01. The number of carbonyl (C=O) groups excluding carboxylic acids is 2. The summed E-state index contributed by atoms with van der Waals surface area (Å²) in [5.74, 6) is 1.23. The highest BCUT2D eigenvalue weighted by Crippen LogP contribution is 2.48. The van der Waals surface area contributed by atoms with Gasteiger partial charge in [0.2, 0.25) is 5.91 Å². The average Bonchev–Trinajstić information content (AvgIpc) is 3.11. The second kappa shape index (κ2) is 5.68. The maximum absolute atomic E-state index is 12.4. The van der Waals surface area contributed by atoms with Crippen LogP contribution in [0.4, 0.5) is 5.69 Å². The van der Waals surface area contributed by atoms with Gasteiger partial charge in [-0.25, -0.2) is 0 Å². The number of hydrogen-bond acceptors (Lipinski definition) is 2. The summed E-state index contributed by atoms with van der Waals surface area (Å²) in [5.41, 5.74) is 1.01. The third kappa shape index (κ3) is 2.77. The predicted molar refractivity (Wildman–Crippen MR) is 82.4 cm³/mol. The van der Waals surface area contributed by atoms with E-state index in [1.54, 1.807) is 25.2 Å². The van der Waals surface area contributed by atoms with Crippen molar-refractivity contribution >= 4 is 29.1 Å². The lowest BCUT2D eigenvalue weighted by Gasteiger charge is -2.21. The van der Waals surface area contributed by atoms with E-state index in [1.807, 2.05) is 0 Å². The minimum absolute atomic E-state index is 0.0763. The molecule has 4 nitrogen and oxygen atoms in total. The van der Waals surface area contributed by atoms with Crippen LogP contribution < -0.4 is 10.6 Å². The minimum atomic E-state index is -0.254. The van der Waals surface area contributed by atoms with Gasteiger partial charge in [-0.1, -0.05) is 18.0 Å². The van der Waals surface area contributed by atoms with Crippen molar-refractivity contribution in [2.75, 3.05) is 12.4 Å². The molecule has 1 aromatic rings. The van der Waals surface area contributed by atoms with Crippen molar-refractivity contribution in [3.63, 3.8) is 0 Å². The van der Waals surface area contributed by atoms with Gasteiger partial charge in [0.05, 0.1) is 10.6 Å². The molecule has 0 heterocycles. The molecule has 112 valence electrons. The Morgan fingerprint density at radius 3 is 2.67 bits per heavy atom. The first-order valence-electron chi connectivity index (χ1n) is 7.41. The molecular formula is C16H19ClN2O2. The number of fused-ring (bicyclic) bond motifs is 2. The smallest absolute Gasteiger partial charge is 0.252 e. The number of halogens is 1. The van der Waals surface area contributed by atoms with Gasteiger partial charge >= 0.3 is 0 Å². The summed E-state index contributed by atoms with van der Waals surface area (Å²) in [5, 5.41) is 5.86. The third-order valence-corrected chi connectivity index (χ3v) is 5.11. The molecule has 2 bridgehead atoms. The summed E-state index contributed by atoms with van der Waals surface area (Å²) in [6.45, 7) is 0. The first-order chi connectivity index (χ1) is 10.1. The Morgan fingerprint density at radius 1 is 1.24 bits per heavy atom. The SMILES string of the molecule is CNC(=O)c1cc(NC(=O)[C@H]2C[C@H]3CC[C@H]2C3)ccc1Cl. The van der Waals surface area contributed by atoms with Crippen LogP contribution in [0.15, 0.2) is 18.2 Å². The van der Waals surface area contributed by atoms with Crippen molar-refractivity contribution in [2.24, 2.45) is 17.8 Å². The lowest BCUT2D eigenvalue weighted by Crippen LogP contribution is -2.27. The van der Waals surface area contributed by atoms with E-state index in [9.17, 15) is 9.59 Å². The predicted octanol–water partition coefficient (Wildman–Crippen LogP) is 3.07. The summed E-state index contributed by atoms with van der Waals surface area (Å²) < 4.78 is 0. The normalized spacial score (nSPS) is 26.7. The fourth-order valence-corrected chi connectivity index (χ4v) is 3.92. The number of hydrogen-bond donors (Lipinski definition) is 2. The third-order valence-electron chi connectivity index (χ3n) is 4.78. The van der Waals surface area contributed by atoms with Crippen molar-refractivity contribution in [1.82, 2.24) is 5.32 Å². The van der Waals surface area contributed by atoms with Crippen molar-refractivity contribution < 1.29 is 9.59 Å². The zero-order chi connectivity index (χ0) is 15.0. The van der Waals surface area contributed by atoms with Crippen LogP contribution in [0.25, 0.3) is 0 Å². The zero-order valence-electron chi connectivity index (χ0n) is 12.0. The van der Waals surface area contributed by atoms with E-state index in [4.69, 9.17) is 11.6 Å². The van der Waals surface area contributed by atoms with Crippen LogP contribution in [0.1, 0.15) is 36.0 Å². The van der Waals surface area contributed by atoms with Crippen LogP contribution in [0, 0.1) is 17.8 Å². The Morgan fingerprint density at radius 2 is 2.05 bits per heavy atom. The highest BCUT2D eigenvalue weighted by atomic mass is 35.5. The first-order valence-corrected chi connectivity index (χ1v) is 7.78. The molecule has 2 aliphatic rings. The van der Waals surface area contributed by atoms with Gasteiger partial charge < -0.3 is 10.6 Å². The number of rotatable bonds is 3. The highest BCUT2D eigenvalue weighted by Gasteiger charge is 2.43. The first kappa shape index (κ1) is 14.4. The van der Waals surface area contributed by atoms with Gasteiger partial charge in [-0.15, -0.1) is 0 Å². The van der Waals surface area contributed by atoms with E-state index in [-0.39, 0.29) is 17.7 Å². The molecule has 2 saturated carbocycles. The van der Waals surface area contributed by atoms with Crippen molar-refractivity contribution in [1.29, 1.82) is 0 Å². The fourth-order valence-electron chi connectivity index (χ4n) is 3.71. The van der Waals surface area contributed by atoms with Crippen LogP contribution in [-0.2, 0) is 4.79 Å². The van der Waals surface area contributed by atoms with Gasteiger partial charge in [0, 0.05) is 18.7 Å². The lowest BCUT2D eigenvalue weighted by molar-refractivity contribution is -0.121. The molecule has 21 heavy (non-hydrogen) atoms. The number of carbonyl (C=O) groups is 2. The number of anilines is 1. The lowest BCUT2D eigenvalue weighted by atomic mass is 9.88.